The molecule has 0 saturated heterocycles. The fourth-order valence-corrected chi connectivity index (χ4v) is 2.67. The van der Waals surface area contributed by atoms with E-state index in [1.165, 1.54) is 0 Å². The Morgan fingerprint density at radius 1 is 1.30 bits per heavy atom. The molecule has 20 heavy (non-hydrogen) atoms. The lowest BCUT2D eigenvalue weighted by Gasteiger charge is -2.29. The summed E-state index contributed by atoms with van der Waals surface area (Å²) in [7, 11) is 0. The van der Waals surface area contributed by atoms with Crippen LogP contribution in [-0.4, -0.2) is 23.0 Å². The molecule has 0 spiro atoms. The Hall–Kier alpha value is -2.04. The number of nitrogen functional groups attached to an aromatic ring is 1. The summed E-state index contributed by atoms with van der Waals surface area (Å²) in [6.45, 7) is 1.84. The monoisotopic (exact) mass is 276 g/mol. The van der Waals surface area contributed by atoms with E-state index in [4.69, 9.17) is 5.73 Å². The van der Waals surface area contributed by atoms with Crippen molar-refractivity contribution in [3.05, 3.63) is 29.3 Å². The Kier molecular flexibility index (Phi) is 4.27. The first-order valence-electron chi connectivity index (χ1n) is 6.89. The van der Waals surface area contributed by atoms with Crippen LogP contribution in [0.2, 0.25) is 0 Å². The topological polar surface area (TPSA) is 92.4 Å². The molecule has 0 bridgehead atoms. The van der Waals surface area contributed by atoms with Gasteiger partial charge in [0.2, 0.25) is 0 Å². The van der Waals surface area contributed by atoms with Gasteiger partial charge in [-0.3, -0.25) is 9.59 Å². The largest absolute Gasteiger partial charge is 0.481 e. The molecular weight excluding hydrogens is 256 g/mol. The fraction of sp³-hybridized carbons (Fsp3) is 0.467. The lowest BCUT2D eigenvalue weighted by Crippen LogP contribution is -2.45. The Balaban J connectivity index is 2.09. The van der Waals surface area contributed by atoms with Crippen molar-refractivity contribution in [3.8, 4) is 0 Å². The van der Waals surface area contributed by atoms with Gasteiger partial charge < -0.3 is 16.2 Å². The van der Waals surface area contributed by atoms with Gasteiger partial charge in [-0.15, -0.1) is 0 Å². The number of carboxylic acids is 1. The molecule has 1 fully saturated rings. The van der Waals surface area contributed by atoms with Gasteiger partial charge in [0.05, 0.1) is 5.92 Å². The summed E-state index contributed by atoms with van der Waals surface area (Å²) in [6, 6.07) is 4.80. The molecule has 108 valence electrons. The number of hydrogen-bond donors (Lipinski definition) is 3. The first-order chi connectivity index (χ1) is 9.49. The van der Waals surface area contributed by atoms with Gasteiger partial charge in [0.1, 0.15) is 0 Å². The molecule has 1 aromatic carbocycles. The van der Waals surface area contributed by atoms with Crippen molar-refractivity contribution in [1.82, 2.24) is 5.32 Å². The van der Waals surface area contributed by atoms with E-state index in [0.717, 1.165) is 24.8 Å². The maximum absolute atomic E-state index is 12.2. The van der Waals surface area contributed by atoms with Crippen molar-refractivity contribution in [2.24, 2.45) is 5.92 Å². The van der Waals surface area contributed by atoms with E-state index in [1.54, 1.807) is 18.2 Å². The van der Waals surface area contributed by atoms with Crippen LogP contribution in [0.15, 0.2) is 18.2 Å². The molecular formula is C15H20N2O3. The number of aliphatic carboxylic acids is 1. The Bertz CT molecular complexity index is 528. The van der Waals surface area contributed by atoms with Gasteiger partial charge in [0.15, 0.2) is 0 Å². The second-order valence-corrected chi connectivity index (χ2v) is 5.38. The number of rotatable bonds is 3. The van der Waals surface area contributed by atoms with Gasteiger partial charge in [-0.1, -0.05) is 12.8 Å². The number of aryl methyl sites for hydroxylation is 1. The average molecular weight is 276 g/mol. The summed E-state index contributed by atoms with van der Waals surface area (Å²) in [5.41, 5.74) is 7.73. The lowest BCUT2D eigenvalue weighted by atomic mass is 9.84. The van der Waals surface area contributed by atoms with E-state index in [0.29, 0.717) is 17.7 Å². The summed E-state index contributed by atoms with van der Waals surface area (Å²) >= 11 is 0. The van der Waals surface area contributed by atoms with Crippen LogP contribution in [0.4, 0.5) is 5.69 Å². The molecule has 0 radical (unpaired) electrons. The van der Waals surface area contributed by atoms with Crippen molar-refractivity contribution in [2.45, 2.75) is 38.6 Å². The zero-order valence-corrected chi connectivity index (χ0v) is 11.6. The minimum atomic E-state index is -0.830. The average Bonchev–Trinajstić information content (AvgIpc) is 2.42. The van der Waals surface area contributed by atoms with E-state index < -0.39 is 11.9 Å². The fourth-order valence-electron chi connectivity index (χ4n) is 2.67. The second kappa shape index (κ2) is 5.94. The van der Waals surface area contributed by atoms with Crippen LogP contribution in [-0.2, 0) is 4.79 Å². The van der Waals surface area contributed by atoms with Gasteiger partial charge in [-0.2, -0.15) is 0 Å². The highest BCUT2D eigenvalue weighted by molar-refractivity contribution is 5.95. The molecule has 2 unspecified atom stereocenters. The van der Waals surface area contributed by atoms with E-state index in [-0.39, 0.29) is 11.9 Å². The number of carbonyl (C=O) groups excluding carboxylic acids is 1. The van der Waals surface area contributed by atoms with Gasteiger partial charge in [-0.05, 0) is 43.5 Å². The van der Waals surface area contributed by atoms with Gasteiger partial charge in [0.25, 0.3) is 5.91 Å². The predicted octanol–water partition coefficient (Wildman–Crippen LogP) is 1.95. The number of carbonyl (C=O) groups is 2. The standard InChI is InChI=1S/C15H20N2O3/c1-9-8-10(6-7-12(9)16)14(18)17-13-5-3-2-4-11(13)15(19)20/h6-8,11,13H,2-5,16H2,1H3,(H,17,18)(H,19,20). The molecule has 1 aliphatic carbocycles. The Labute approximate surface area is 118 Å². The molecule has 2 rings (SSSR count). The SMILES string of the molecule is Cc1cc(C(=O)NC2CCCCC2C(=O)O)ccc1N. The van der Waals surface area contributed by atoms with Crippen LogP contribution >= 0.6 is 0 Å². The quantitative estimate of drug-likeness (QED) is 0.736. The first-order valence-corrected chi connectivity index (χ1v) is 6.89. The van der Waals surface area contributed by atoms with Crippen molar-refractivity contribution >= 4 is 17.6 Å². The number of carboxylic acid groups (broad SMARTS) is 1. The van der Waals surface area contributed by atoms with Gasteiger partial charge in [-0.25, -0.2) is 0 Å². The molecule has 1 aliphatic rings. The maximum Gasteiger partial charge on any atom is 0.308 e. The van der Waals surface area contributed by atoms with Gasteiger partial charge >= 0.3 is 5.97 Å². The van der Waals surface area contributed by atoms with Crippen molar-refractivity contribution < 1.29 is 14.7 Å². The number of nitrogens with one attached hydrogen (secondary N) is 1. The highest BCUT2D eigenvalue weighted by atomic mass is 16.4. The predicted molar refractivity (Wildman–Crippen MR) is 76.4 cm³/mol. The normalized spacial score (nSPS) is 22.2. The number of hydrogen-bond acceptors (Lipinski definition) is 3. The van der Waals surface area contributed by atoms with Crippen molar-refractivity contribution in [2.75, 3.05) is 5.73 Å². The van der Waals surface area contributed by atoms with Crippen LogP contribution in [0.25, 0.3) is 0 Å². The zero-order chi connectivity index (χ0) is 14.7. The van der Waals surface area contributed by atoms with Crippen LogP contribution in [0.5, 0.6) is 0 Å². The zero-order valence-electron chi connectivity index (χ0n) is 11.6. The molecule has 1 aromatic rings. The number of anilines is 1. The molecule has 5 nitrogen and oxygen atoms in total. The van der Waals surface area contributed by atoms with Crippen LogP contribution in [0.3, 0.4) is 0 Å². The third-order valence-corrected chi connectivity index (χ3v) is 3.93. The molecule has 2 atom stereocenters. The summed E-state index contributed by atoms with van der Waals surface area (Å²) in [5.74, 6) is -1.54. The van der Waals surface area contributed by atoms with Crippen LogP contribution in [0.1, 0.15) is 41.6 Å². The van der Waals surface area contributed by atoms with E-state index >= 15 is 0 Å². The van der Waals surface area contributed by atoms with Gasteiger partial charge in [0, 0.05) is 17.3 Å². The highest BCUT2D eigenvalue weighted by Crippen LogP contribution is 2.25. The van der Waals surface area contributed by atoms with E-state index in [2.05, 4.69) is 5.32 Å². The maximum atomic E-state index is 12.2. The highest BCUT2D eigenvalue weighted by Gasteiger charge is 2.31. The molecule has 0 aliphatic heterocycles. The minimum absolute atomic E-state index is 0.230. The summed E-state index contributed by atoms with van der Waals surface area (Å²) in [5, 5.41) is 12.1. The smallest absolute Gasteiger partial charge is 0.308 e. The third kappa shape index (κ3) is 3.10. The number of amides is 1. The molecule has 0 heterocycles. The summed E-state index contributed by atoms with van der Waals surface area (Å²) in [4.78, 5) is 23.4. The molecule has 1 amide bonds. The molecule has 1 saturated carbocycles. The molecule has 5 heteroatoms. The summed E-state index contributed by atoms with van der Waals surface area (Å²) in [6.07, 6.45) is 3.21. The Morgan fingerprint density at radius 3 is 2.65 bits per heavy atom. The van der Waals surface area contributed by atoms with Crippen molar-refractivity contribution in [1.29, 1.82) is 0 Å². The minimum Gasteiger partial charge on any atom is -0.481 e. The van der Waals surface area contributed by atoms with E-state index in [9.17, 15) is 14.7 Å². The number of nitrogens with two attached hydrogens (primary N) is 1. The van der Waals surface area contributed by atoms with Crippen LogP contribution < -0.4 is 11.1 Å². The number of benzene rings is 1. The molecule has 0 aromatic heterocycles. The van der Waals surface area contributed by atoms with Crippen molar-refractivity contribution in [3.63, 3.8) is 0 Å². The van der Waals surface area contributed by atoms with E-state index in [1.807, 2.05) is 6.92 Å². The lowest BCUT2D eigenvalue weighted by molar-refractivity contribution is -0.143. The second-order valence-electron chi connectivity index (χ2n) is 5.38. The summed E-state index contributed by atoms with van der Waals surface area (Å²) < 4.78 is 0. The van der Waals surface area contributed by atoms with Crippen LogP contribution in [0, 0.1) is 12.8 Å². The third-order valence-electron chi connectivity index (χ3n) is 3.93. The Morgan fingerprint density at radius 2 is 2.00 bits per heavy atom. The first kappa shape index (κ1) is 14.4. The molecule has 4 N–H and O–H groups in total.